The molecule has 102 valence electrons. The summed E-state index contributed by atoms with van der Waals surface area (Å²) in [5.41, 5.74) is 2.47. The Labute approximate surface area is 110 Å². The van der Waals surface area contributed by atoms with Crippen LogP contribution in [0.25, 0.3) is 0 Å². The number of likely N-dealkylation sites (tertiary alicyclic amines) is 1. The maximum absolute atomic E-state index is 4.06. The summed E-state index contributed by atoms with van der Waals surface area (Å²) in [5, 5.41) is 10.7. The van der Waals surface area contributed by atoms with Crippen molar-refractivity contribution in [1.82, 2.24) is 20.4 Å². The smallest absolute Gasteiger partial charge is 0.0535 e. The van der Waals surface area contributed by atoms with E-state index in [-0.39, 0.29) is 0 Å². The second-order valence-corrected chi connectivity index (χ2v) is 5.87. The predicted octanol–water partition coefficient (Wildman–Crippen LogP) is 1.93. The van der Waals surface area contributed by atoms with Crippen molar-refractivity contribution in [2.24, 2.45) is 5.92 Å². The topological polar surface area (TPSA) is 44.0 Å². The Bertz CT molecular complexity index is 350. The van der Waals surface area contributed by atoms with Gasteiger partial charge in [0.15, 0.2) is 0 Å². The lowest BCUT2D eigenvalue weighted by atomic mass is 10.0. The molecule has 2 rings (SSSR count). The van der Waals surface area contributed by atoms with Crippen LogP contribution < -0.4 is 5.32 Å². The molecule has 0 atom stereocenters. The Morgan fingerprint density at radius 2 is 2.17 bits per heavy atom. The zero-order chi connectivity index (χ0) is 13.0. The number of aromatic nitrogens is 2. The van der Waals surface area contributed by atoms with Crippen LogP contribution in [0.5, 0.6) is 0 Å². The Balaban J connectivity index is 1.69. The number of nitrogens with zero attached hydrogens (tertiary/aromatic N) is 2. The van der Waals surface area contributed by atoms with Crippen molar-refractivity contribution in [3.8, 4) is 0 Å². The number of piperidine rings is 1. The number of aryl methyl sites for hydroxylation is 1. The molecule has 4 heteroatoms. The summed E-state index contributed by atoms with van der Waals surface area (Å²) in [6, 6.07) is 0.669. The number of H-pyrrole nitrogens is 1. The molecule has 1 fully saturated rings. The van der Waals surface area contributed by atoms with Gasteiger partial charge in [0, 0.05) is 30.4 Å². The van der Waals surface area contributed by atoms with E-state index in [0.717, 1.165) is 12.5 Å². The van der Waals surface area contributed by atoms with Crippen LogP contribution in [-0.2, 0) is 6.54 Å². The van der Waals surface area contributed by atoms with Gasteiger partial charge in [0.2, 0.25) is 0 Å². The summed E-state index contributed by atoms with van der Waals surface area (Å²) < 4.78 is 0. The molecule has 1 aromatic heterocycles. The molecule has 2 heterocycles. The summed E-state index contributed by atoms with van der Waals surface area (Å²) in [7, 11) is 0. The third-order valence-corrected chi connectivity index (χ3v) is 3.73. The van der Waals surface area contributed by atoms with Crippen LogP contribution in [0.2, 0.25) is 0 Å². The first-order valence-electron chi connectivity index (χ1n) is 7.09. The SMILES string of the molecule is Cc1[nH]ncc1CNC1CCN(CC(C)C)CC1. The zero-order valence-electron chi connectivity index (χ0n) is 11.9. The summed E-state index contributed by atoms with van der Waals surface area (Å²) in [4.78, 5) is 2.59. The highest BCUT2D eigenvalue weighted by Gasteiger charge is 2.19. The van der Waals surface area contributed by atoms with E-state index in [1.165, 1.54) is 43.7 Å². The standard InChI is InChI=1S/C14H26N4/c1-11(2)10-18-6-4-14(5-7-18)15-8-13-9-16-17-12(13)3/h9,11,14-15H,4-8,10H2,1-3H3,(H,16,17). The largest absolute Gasteiger partial charge is 0.310 e. The van der Waals surface area contributed by atoms with Gasteiger partial charge in [-0.2, -0.15) is 5.10 Å². The van der Waals surface area contributed by atoms with Crippen LogP contribution in [-0.4, -0.2) is 40.8 Å². The second-order valence-electron chi connectivity index (χ2n) is 5.87. The molecule has 1 aliphatic rings. The van der Waals surface area contributed by atoms with Crippen LogP contribution in [0.3, 0.4) is 0 Å². The van der Waals surface area contributed by atoms with Crippen LogP contribution in [0, 0.1) is 12.8 Å². The van der Waals surface area contributed by atoms with E-state index >= 15 is 0 Å². The van der Waals surface area contributed by atoms with Gasteiger partial charge < -0.3 is 10.2 Å². The molecule has 0 aliphatic carbocycles. The molecule has 0 spiro atoms. The van der Waals surface area contributed by atoms with E-state index in [1.54, 1.807) is 0 Å². The first kappa shape index (κ1) is 13.6. The van der Waals surface area contributed by atoms with Crippen LogP contribution in [0.1, 0.15) is 37.9 Å². The molecule has 2 N–H and O–H groups in total. The molecule has 0 amide bonds. The number of hydrogen-bond donors (Lipinski definition) is 2. The van der Waals surface area contributed by atoms with Crippen LogP contribution in [0.15, 0.2) is 6.20 Å². The van der Waals surface area contributed by atoms with E-state index in [2.05, 4.69) is 41.2 Å². The highest BCUT2D eigenvalue weighted by atomic mass is 15.1. The molecule has 0 radical (unpaired) electrons. The molecule has 1 aliphatic heterocycles. The lowest BCUT2D eigenvalue weighted by Gasteiger charge is -2.33. The number of nitrogens with one attached hydrogen (secondary N) is 2. The molecular formula is C14H26N4. The maximum atomic E-state index is 4.06. The molecule has 1 saturated heterocycles. The van der Waals surface area contributed by atoms with Gasteiger partial charge in [0.25, 0.3) is 0 Å². The van der Waals surface area contributed by atoms with E-state index in [9.17, 15) is 0 Å². The number of aromatic amines is 1. The average molecular weight is 250 g/mol. The monoisotopic (exact) mass is 250 g/mol. The minimum atomic E-state index is 0.669. The molecule has 4 nitrogen and oxygen atoms in total. The Hall–Kier alpha value is -0.870. The van der Waals surface area contributed by atoms with E-state index in [0.29, 0.717) is 6.04 Å². The molecule has 0 aromatic carbocycles. The van der Waals surface area contributed by atoms with E-state index < -0.39 is 0 Å². The van der Waals surface area contributed by atoms with E-state index in [1.807, 2.05) is 6.20 Å². The highest BCUT2D eigenvalue weighted by molar-refractivity contribution is 5.13. The van der Waals surface area contributed by atoms with Crippen molar-refractivity contribution in [2.75, 3.05) is 19.6 Å². The summed E-state index contributed by atoms with van der Waals surface area (Å²) >= 11 is 0. The minimum Gasteiger partial charge on any atom is -0.310 e. The van der Waals surface area contributed by atoms with Gasteiger partial charge in [-0.15, -0.1) is 0 Å². The van der Waals surface area contributed by atoms with Crippen molar-refractivity contribution >= 4 is 0 Å². The zero-order valence-corrected chi connectivity index (χ0v) is 11.9. The first-order chi connectivity index (χ1) is 8.65. The lowest BCUT2D eigenvalue weighted by molar-refractivity contribution is 0.179. The maximum Gasteiger partial charge on any atom is 0.0535 e. The molecule has 0 bridgehead atoms. The van der Waals surface area contributed by atoms with Crippen molar-refractivity contribution < 1.29 is 0 Å². The Morgan fingerprint density at radius 3 is 2.72 bits per heavy atom. The van der Waals surface area contributed by atoms with Crippen molar-refractivity contribution in [3.05, 3.63) is 17.5 Å². The predicted molar refractivity (Wildman–Crippen MR) is 74.5 cm³/mol. The molecule has 0 saturated carbocycles. The molecule has 1 aromatic rings. The first-order valence-corrected chi connectivity index (χ1v) is 7.09. The third kappa shape index (κ3) is 3.82. The van der Waals surface area contributed by atoms with Gasteiger partial charge in [-0.25, -0.2) is 0 Å². The van der Waals surface area contributed by atoms with Gasteiger partial charge in [-0.1, -0.05) is 13.8 Å². The van der Waals surface area contributed by atoms with Gasteiger partial charge in [-0.3, -0.25) is 5.10 Å². The van der Waals surface area contributed by atoms with Crippen LogP contribution >= 0.6 is 0 Å². The quantitative estimate of drug-likeness (QED) is 0.839. The average Bonchev–Trinajstić information content (AvgIpc) is 2.73. The third-order valence-electron chi connectivity index (χ3n) is 3.73. The molecule has 18 heavy (non-hydrogen) atoms. The van der Waals surface area contributed by atoms with Crippen molar-refractivity contribution in [2.45, 2.75) is 46.2 Å². The fraction of sp³-hybridized carbons (Fsp3) is 0.786. The minimum absolute atomic E-state index is 0.669. The normalized spacial score (nSPS) is 18.7. The Kier molecular flexibility index (Phi) is 4.78. The van der Waals surface area contributed by atoms with Gasteiger partial charge >= 0.3 is 0 Å². The molecular weight excluding hydrogens is 224 g/mol. The van der Waals surface area contributed by atoms with Crippen LogP contribution in [0.4, 0.5) is 0 Å². The van der Waals surface area contributed by atoms with E-state index in [4.69, 9.17) is 0 Å². The lowest BCUT2D eigenvalue weighted by Crippen LogP contribution is -2.43. The second kappa shape index (κ2) is 6.34. The van der Waals surface area contributed by atoms with Gasteiger partial charge in [0.05, 0.1) is 6.20 Å². The Morgan fingerprint density at radius 1 is 1.44 bits per heavy atom. The highest BCUT2D eigenvalue weighted by Crippen LogP contribution is 2.13. The van der Waals surface area contributed by atoms with Gasteiger partial charge in [0.1, 0.15) is 0 Å². The fourth-order valence-corrected chi connectivity index (χ4v) is 2.64. The molecule has 0 unspecified atom stereocenters. The summed E-state index contributed by atoms with van der Waals surface area (Å²) in [6.45, 7) is 11.3. The number of hydrogen-bond acceptors (Lipinski definition) is 3. The van der Waals surface area contributed by atoms with Gasteiger partial charge in [-0.05, 0) is 38.8 Å². The number of rotatable bonds is 5. The summed E-state index contributed by atoms with van der Waals surface area (Å²) in [5.74, 6) is 0.781. The summed E-state index contributed by atoms with van der Waals surface area (Å²) in [6.07, 6.45) is 4.46. The van der Waals surface area contributed by atoms with Crippen molar-refractivity contribution in [3.63, 3.8) is 0 Å². The van der Waals surface area contributed by atoms with Crippen molar-refractivity contribution in [1.29, 1.82) is 0 Å². The fourth-order valence-electron chi connectivity index (χ4n) is 2.64.